The summed E-state index contributed by atoms with van der Waals surface area (Å²) in [5, 5.41) is -0.413. The number of carbonyl (C=O) groups is 1. The van der Waals surface area contributed by atoms with Gasteiger partial charge in [0.15, 0.2) is 0 Å². The van der Waals surface area contributed by atoms with Crippen LogP contribution in [0.3, 0.4) is 0 Å². The van der Waals surface area contributed by atoms with E-state index in [-0.39, 0.29) is 11.5 Å². The summed E-state index contributed by atoms with van der Waals surface area (Å²) in [6.45, 7) is 4.12. The Hall–Kier alpha value is -0.280. The first kappa shape index (κ1) is 11.2. The average Bonchev–Trinajstić information content (AvgIpc) is 2.62. The van der Waals surface area contributed by atoms with Gasteiger partial charge in [-0.1, -0.05) is 0 Å². The lowest BCUT2D eigenvalue weighted by molar-refractivity contribution is -0.132. The highest BCUT2D eigenvalue weighted by Gasteiger charge is 2.42. The van der Waals surface area contributed by atoms with Crippen LogP contribution in [-0.4, -0.2) is 41.5 Å². The van der Waals surface area contributed by atoms with Gasteiger partial charge in [0.1, 0.15) is 5.38 Å². The summed E-state index contributed by atoms with van der Waals surface area (Å²) in [5.74, 6) is 0.0442. The molecule has 86 valence electrons. The third kappa shape index (κ3) is 2.28. The highest BCUT2D eigenvalue weighted by Crippen LogP contribution is 2.34. The molecule has 0 aromatic carbocycles. The molecule has 15 heavy (non-hydrogen) atoms. The first-order valence-electron chi connectivity index (χ1n) is 5.70. The van der Waals surface area contributed by atoms with Crippen molar-refractivity contribution in [3.8, 4) is 0 Å². The van der Waals surface area contributed by atoms with Gasteiger partial charge in [-0.05, 0) is 32.6 Å². The highest BCUT2D eigenvalue weighted by atomic mass is 35.5. The van der Waals surface area contributed by atoms with Crippen LogP contribution in [0.5, 0.6) is 0 Å². The minimum Gasteiger partial charge on any atom is -0.373 e. The van der Waals surface area contributed by atoms with E-state index >= 15 is 0 Å². The number of ether oxygens (including phenoxy) is 1. The van der Waals surface area contributed by atoms with Gasteiger partial charge in [0, 0.05) is 19.7 Å². The van der Waals surface area contributed by atoms with Gasteiger partial charge in [-0.25, -0.2) is 0 Å². The molecule has 2 atom stereocenters. The quantitative estimate of drug-likeness (QED) is 0.644. The Morgan fingerprint density at radius 3 is 2.87 bits per heavy atom. The van der Waals surface area contributed by atoms with E-state index in [0.717, 1.165) is 39.0 Å². The summed E-state index contributed by atoms with van der Waals surface area (Å²) >= 11 is 5.80. The van der Waals surface area contributed by atoms with Crippen LogP contribution >= 0.6 is 11.6 Å². The Bertz CT molecular complexity index is 249. The van der Waals surface area contributed by atoms with Crippen molar-refractivity contribution in [2.75, 3.05) is 19.7 Å². The van der Waals surface area contributed by atoms with Crippen LogP contribution in [0.25, 0.3) is 0 Å². The number of hydrogen-bond acceptors (Lipinski definition) is 2. The van der Waals surface area contributed by atoms with Crippen molar-refractivity contribution in [2.24, 2.45) is 0 Å². The zero-order chi connectivity index (χ0) is 10.9. The zero-order valence-electron chi connectivity index (χ0n) is 9.17. The fraction of sp³-hybridized carbons (Fsp3) is 0.909. The molecule has 0 bridgehead atoms. The van der Waals surface area contributed by atoms with Crippen molar-refractivity contribution in [1.82, 2.24) is 4.90 Å². The average molecular weight is 232 g/mol. The van der Waals surface area contributed by atoms with Gasteiger partial charge in [-0.2, -0.15) is 0 Å². The minimum absolute atomic E-state index is 0.0420. The largest absolute Gasteiger partial charge is 0.373 e. The number of alkyl halides is 1. The molecule has 1 amide bonds. The molecule has 4 heteroatoms. The molecule has 2 saturated heterocycles. The van der Waals surface area contributed by atoms with E-state index < -0.39 is 5.38 Å². The number of nitrogens with zero attached hydrogens (tertiary/aromatic N) is 1. The maximum absolute atomic E-state index is 11.7. The molecule has 0 saturated carbocycles. The summed E-state index contributed by atoms with van der Waals surface area (Å²) in [6.07, 6.45) is 4.44. The van der Waals surface area contributed by atoms with Gasteiger partial charge in [0.05, 0.1) is 5.60 Å². The molecule has 2 rings (SSSR count). The maximum Gasteiger partial charge on any atom is 0.240 e. The monoisotopic (exact) mass is 231 g/mol. The Kier molecular flexibility index (Phi) is 3.21. The van der Waals surface area contributed by atoms with E-state index in [1.807, 2.05) is 4.90 Å². The number of rotatable bonds is 1. The molecule has 0 aliphatic carbocycles. The Morgan fingerprint density at radius 2 is 2.27 bits per heavy atom. The van der Waals surface area contributed by atoms with Gasteiger partial charge in [-0.3, -0.25) is 4.79 Å². The normalized spacial score (nSPS) is 33.3. The Labute approximate surface area is 95.7 Å². The molecule has 2 aliphatic rings. The van der Waals surface area contributed by atoms with Gasteiger partial charge < -0.3 is 9.64 Å². The third-order valence-corrected chi connectivity index (χ3v) is 3.59. The predicted octanol–water partition coefficient (Wildman–Crippen LogP) is 1.79. The van der Waals surface area contributed by atoms with Crippen molar-refractivity contribution >= 4 is 17.5 Å². The maximum atomic E-state index is 11.7. The second-order valence-electron chi connectivity index (χ2n) is 4.61. The summed E-state index contributed by atoms with van der Waals surface area (Å²) in [4.78, 5) is 13.6. The number of hydrogen-bond donors (Lipinski definition) is 0. The van der Waals surface area contributed by atoms with Crippen LogP contribution in [0.2, 0.25) is 0 Å². The SMILES string of the molecule is CC(Cl)C(=O)N1CCC2(CCCCO2)C1. The molecular formula is C11H18ClNO2. The first-order valence-corrected chi connectivity index (χ1v) is 6.13. The number of likely N-dealkylation sites (tertiary alicyclic amines) is 1. The summed E-state index contributed by atoms with van der Waals surface area (Å²) in [6, 6.07) is 0. The van der Waals surface area contributed by atoms with E-state index in [9.17, 15) is 4.79 Å². The van der Waals surface area contributed by atoms with E-state index in [1.54, 1.807) is 6.92 Å². The van der Waals surface area contributed by atoms with E-state index in [4.69, 9.17) is 16.3 Å². The molecule has 2 heterocycles. The molecule has 1 spiro atoms. The smallest absolute Gasteiger partial charge is 0.240 e. The van der Waals surface area contributed by atoms with Crippen LogP contribution in [0.4, 0.5) is 0 Å². The van der Waals surface area contributed by atoms with E-state index in [0.29, 0.717) is 0 Å². The summed E-state index contributed by atoms with van der Waals surface area (Å²) < 4.78 is 5.85. The number of halogens is 1. The summed E-state index contributed by atoms with van der Waals surface area (Å²) in [5.41, 5.74) is -0.0420. The zero-order valence-corrected chi connectivity index (χ0v) is 9.92. The fourth-order valence-electron chi connectivity index (χ4n) is 2.52. The van der Waals surface area contributed by atoms with Crippen molar-refractivity contribution in [2.45, 2.75) is 43.6 Å². The van der Waals surface area contributed by atoms with E-state index in [1.165, 1.54) is 6.42 Å². The van der Waals surface area contributed by atoms with Crippen LogP contribution < -0.4 is 0 Å². The Morgan fingerprint density at radius 1 is 1.47 bits per heavy atom. The van der Waals surface area contributed by atoms with Gasteiger partial charge in [0.25, 0.3) is 0 Å². The topological polar surface area (TPSA) is 29.5 Å². The molecule has 0 aromatic heterocycles. The summed E-state index contributed by atoms with van der Waals surface area (Å²) in [7, 11) is 0. The van der Waals surface area contributed by atoms with Gasteiger partial charge in [-0.15, -0.1) is 11.6 Å². The lowest BCUT2D eigenvalue weighted by Crippen LogP contribution is -2.42. The minimum atomic E-state index is -0.413. The van der Waals surface area contributed by atoms with Crippen molar-refractivity contribution in [3.63, 3.8) is 0 Å². The fourth-order valence-corrected chi connectivity index (χ4v) is 2.65. The van der Waals surface area contributed by atoms with Crippen molar-refractivity contribution in [1.29, 1.82) is 0 Å². The molecule has 2 aliphatic heterocycles. The highest BCUT2D eigenvalue weighted by molar-refractivity contribution is 6.30. The van der Waals surface area contributed by atoms with Gasteiger partial charge >= 0.3 is 0 Å². The molecule has 0 N–H and O–H groups in total. The predicted molar refractivity (Wildman–Crippen MR) is 59.0 cm³/mol. The number of amides is 1. The standard InChI is InChI=1S/C11H18ClNO2/c1-9(12)10(14)13-6-5-11(8-13)4-2-3-7-15-11/h9H,2-8H2,1H3. The number of carbonyl (C=O) groups excluding carboxylic acids is 1. The van der Waals surface area contributed by atoms with Crippen molar-refractivity contribution in [3.05, 3.63) is 0 Å². The molecule has 3 nitrogen and oxygen atoms in total. The van der Waals surface area contributed by atoms with Crippen LogP contribution in [0, 0.1) is 0 Å². The van der Waals surface area contributed by atoms with Crippen molar-refractivity contribution < 1.29 is 9.53 Å². The van der Waals surface area contributed by atoms with Gasteiger partial charge in [0.2, 0.25) is 5.91 Å². The van der Waals surface area contributed by atoms with E-state index in [2.05, 4.69) is 0 Å². The molecule has 0 aromatic rings. The molecule has 2 unspecified atom stereocenters. The Balaban J connectivity index is 1.96. The lowest BCUT2D eigenvalue weighted by atomic mass is 9.93. The van der Waals surface area contributed by atoms with Crippen LogP contribution in [-0.2, 0) is 9.53 Å². The molecular weight excluding hydrogens is 214 g/mol. The third-order valence-electron chi connectivity index (χ3n) is 3.40. The lowest BCUT2D eigenvalue weighted by Gasteiger charge is -2.33. The second kappa shape index (κ2) is 4.30. The van der Waals surface area contributed by atoms with Crippen LogP contribution in [0.15, 0.2) is 0 Å². The molecule has 0 radical (unpaired) electrons. The second-order valence-corrected chi connectivity index (χ2v) is 5.27. The molecule has 2 fully saturated rings. The first-order chi connectivity index (χ1) is 7.13. The van der Waals surface area contributed by atoms with Crippen LogP contribution in [0.1, 0.15) is 32.6 Å².